The molecule has 1 aromatic carbocycles. The van der Waals surface area contributed by atoms with Crippen LogP contribution in [0.25, 0.3) is 11.0 Å². The van der Waals surface area contributed by atoms with Gasteiger partial charge < -0.3 is 10.6 Å². The van der Waals surface area contributed by atoms with Gasteiger partial charge in [-0.15, -0.1) is 0 Å². The van der Waals surface area contributed by atoms with Gasteiger partial charge in [-0.05, 0) is 26.0 Å². The molecule has 0 aliphatic carbocycles. The number of imidazole rings is 1. The van der Waals surface area contributed by atoms with E-state index in [4.69, 9.17) is 17.3 Å². The Bertz CT molecular complexity index is 604. The number of fused-ring (bicyclic) bond motifs is 1. The van der Waals surface area contributed by atoms with Crippen molar-refractivity contribution in [2.75, 3.05) is 18.8 Å². The first-order chi connectivity index (χ1) is 9.08. The van der Waals surface area contributed by atoms with E-state index in [2.05, 4.69) is 4.98 Å². The van der Waals surface area contributed by atoms with Crippen molar-refractivity contribution in [1.82, 2.24) is 14.5 Å². The van der Waals surface area contributed by atoms with Crippen molar-refractivity contribution >= 4 is 34.5 Å². The molecule has 19 heavy (non-hydrogen) atoms. The van der Waals surface area contributed by atoms with Crippen molar-refractivity contribution in [2.45, 2.75) is 20.4 Å². The van der Waals surface area contributed by atoms with Gasteiger partial charge in [0.15, 0.2) is 0 Å². The number of nitrogen functional groups attached to an aromatic ring is 1. The molecule has 1 amide bonds. The van der Waals surface area contributed by atoms with Crippen LogP contribution in [0.1, 0.15) is 13.8 Å². The number of likely N-dealkylation sites (N-methyl/N-ethyl adjacent to an activating group) is 1. The maximum absolute atomic E-state index is 12.2. The van der Waals surface area contributed by atoms with Crippen LogP contribution in [0.2, 0.25) is 5.02 Å². The zero-order chi connectivity index (χ0) is 14.0. The van der Waals surface area contributed by atoms with Gasteiger partial charge in [-0.25, -0.2) is 4.98 Å². The zero-order valence-electron chi connectivity index (χ0n) is 11.1. The normalized spacial score (nSPS) is 10.9. The van der Waals surface area contributed by atoms with Gasteiger partial charge in [0, 0.05) is 13.1 Å². The van der Waals surface area contributed by atoms with Crippen LogP contribution in [0.5, 0.6) is 0 Å². The van der Waals surface area contributed by atoms with Gasteiger partial charge in [0.1, 0.15) is 6.54 Å². The molecule has 0 saturated carbocycles. The Kier molecular flexibility index (Phi) is 3.95. The van der Waals surface area contributed by atoms with Gasteiger partial charge in [-0.2, -0.15) is 0 Å². The summed E-state index contributed by atoms with van der Waals surface area (Å²) in [5.74, 6) is 0.319. The summed E-state index contributed by atoms with van der Waals surface area (Å²) >= 11 is 6.17. The van der Waals surface area contributed by atoms with Gasteiger partial charge in [0.2, 0.25) is 11.9 Å². The molecular weight excluding hydrogens is 264 g/mol. The van der Waals surface area contributed by atoms with E-state index >= 15 is 0 Å². The summed E-state index contributed by atoms with van der Waals surface area (Å²) in [6.45, 7) is 5.41. The summed E-state index contributed by atoms with van der Waals surface area (Å²) in [7, 11) is 0. The number of nitrogens with two attached hydrogens (primary N) is 1. The molecule has 0 saturated heterocycles. The molecule has 0 aliphatic heterocycles. The Hall–Kier alpha value is -1.75. The van der Waals surface area contributed by atoms with Crippen molar-refractivity contribution in [3.05, 3.63) is 23.2 Å². The fourth-order valence-electron chi connectivity index (χ4n) is 2.13. The van der Waals surface area contributed by atoms with Crippen LogP contribution in [0.4, 0.5) is 5.95 Å². The highest BCUT2D eigenvalue weighted by molar-refractivity contribution is 6.35. The molecule has 0 atom stereocenters. The molecule has 0 bridgehead atoms. The Morgan fingerprint density at radius 2 is 2.11 bits per heavy atom. The van der Waals surface area contributed by atoms with Crippen molar-refractivity contribution < 1.29 is 4.79 Å². The molecule has 6 heteroatoms. The second-order valence-electron chi connectivity index (χ2n) is 4.23. The number of carbonyl (C=O) groups is 1. The van der Waals surface area contributed by atoms with Crippen LogP contribution in [-0.4, -0.2) is 33.4 Å². The number of benzene rings is 1. The molecular formula is C13H17ClN4O. The molecule has 1 aromatic heterocycles. The van der Waals surface area contributed by atoms with Crippen LogP contribution in [0, 0.1) is 0 Å². The van der Waals surface area contributed by atoms with Gasteiger partial charge in [-0.1, -0.05) is 17.7 Å². The smallest absolute Gasteiger partial charge is 0.242 e. The van der Waals surface area contributed by atoms with Crippen LogP contribution >= 0.6 is 11.6 Å². The van der Waals surface area contributed by atoms with Gasteiger partial charge >= 0.3 is 0 Å². The summed E-state index contributed by atoms with van der Waals surface area (Å²) in [4.78, 5) is 18.1. The molecule has 0 aliphatic rings. The number of hydrogen-bond donors (Lipinski definition) is 1. The number of anilines is 1. The highest BCUT2D eigenvalue weighted by atomic mass is 35.5. The van der Waals surface area contributed by atoms with E-state index in [0.717, 1.165) is 0 Å². The van der Waals surface area contributed by atoms with E-state index in [0.29, 0.717) is 35.1 Å². The van der Waals surface area contributed by atoms with Crippen molar-refractivity contribution in [1.29, 1.82) is 0 Å². The van der Waals surface area contributed by atoms with Crippen molar-refractivity contribution in [2.24, 2.45) is 0 Å². The third-order valence-corrected chi connectivity index (χ3v) is 3.46. The summed E-state index contributed by atoms with van der Waals surface area (Å²) in [5.41, 5.74) is 7.29. The lowest BCUT2D eigenvalue weighted by Crippen LogP contribution is -2.33. The van der Waals surface area contributed by atoms with E-state index in [-0.39, 0.29) is 12.5 Å². The third-order valence-electron chi connectivity index (χ3n) is 3.16. The number of halogens is 1. The van der Waals surface area contributed by atoms with E-state index < -0.39 is 0 Å². The molecule has 102 valence electrons. The van der Waals surface area contributed by atoms with E-state index in [1.165, 1.54) is 0 Å². The Morgan fingerprint density at radius 3 is 2.74 bits per heavy atom. The second kappa shape index (κ2) is 5.48. The topological polar surface area (TPSA) is 64.2 Å². The van der Waals surface area contributed by atoms with Gasteiger partial charge in [0.25, 0.3) is 0 Å². The first-order valence-corrected chi connectivity index (χ1v) is 6.64. The van der Waals surface area contributed by atoms with Crippen LogP contribution in [0.15, 0.2) is 18.2 Å². The average Bonchev–Trinajstić information content (AvgIpc) is 2.69. The maximum atomic E-state index is 12.2. The molecule has 2 N–H and O–H groups in total. The van der Waals surface area contributed by atoms with Crippen LogP contribution in [0.3, 0.4) is 0 Å². The number of rotatable bonds is 4. The van der Waals surface area contributed by atoms with Gasteiger partial charge in [-0.3, -0.25) is 9.36 Å². The molecule has 1 heterocycles. The lowest BCUT2D eigenvalue weighted by atomic mass is 10.3. The number of amides is 1. The van der Waals surface area contributed by atoms with E-state index in [9.17, 15) is 4.79 Å². The molecule has 5 nitrogen and oxygen atoms in total. The molecule has 2 aromatic rings. The summed E-state index contributed by atoms with van der Waals surface area (Å²) in [6.07, 6.45) is 0. The monoisotopic (exact) mass is 280 g/mol. The second-order valence-corrected chi connectivity index (χ2v) is 4.64. The highest BCUT2D eigenvalue weighted by Gasteiger charge is 2.16. The Morgan fingerprint density at radius 1 is 1.42 bits per heavy atom. The van der Waals surface area contributed by atoms with Crippen molar-refractivity contribution in [3.8, 4) is 0 Å². The molecule has 0 radical (unpaired) electrons. The summed E-state index contributed by atoms with van der Waals surface area (Å²) < 4.78 is 1.66. The Balaban J connectivity index is 2.40. The SMILES string of the molecule is CCN(CC)C(=O)Cn1c(N)nc2cccc(Cl)c21. The lowest BCUT2D eigenvalue weighted by molar-refractivity contribution is -0.131. The van der Waals surface area contributed by atoms with Crippen LogP contribution < -0.4 is 5.73 Å². The minimum atomic E-state index is 0.0101. The van der Waals surface area contributed by atoms with Gasteiger partial charge in [0.05, 0.1) is 16.1 Å². The zero-order valence-corrected chi connectivity index (χ0v) is 11.8. The van der Waals surface area contributed by atoms with Crippen molar-refractivity contribution in [3.63, 3.8) is 0 Å². The minimum Gasteiger partial charge on any atom is -0.369 e. The van der Waals surface area contributed by atoms with E-state index in [1.54, 1.807) is 15.5 Å². The minimum absolute atomic E-state index is 0.0101. The highest BCUT2D eigenvalue weighted by Crippen LogP contribution is 2.25. The lowest BCUT2D eigenvalue weighted by Gasteiger charge is -2.19. The molecule has 2 rings (SSSR count). The predicted molar refractivity (Wildman–Crippen MR) is 77.1 cm³/mol. The average molecular weight is 281 g/mol. The quantitative estimate of drug-likeness (QED) is 0.933. The molecule has 0 spiro atoms. The number of carbonyl (C=O) groups excluding carboxylic acids is 1. The standard InChI is InChI=1S/C13H17ClN4O/c1-3-17(4-2)11(19)8-18-12-9(14)6-5-7-10(12)16-13(18)15/h5-7H,3-4,8H2,1-2H3,(H2,15,16). The molecule has 0 fully saturated rings. The summed E-state index contributed by atoms with van der Waals surface area (Å²) in [6, 6.07) is 5.41. The number of para-hydroxylation sites is 1. The van der Waals surface area contributed by atoms with E-state index in [1.807, 2.05) is 26.0 Å². The third kappa shape index (κ3) is 2.51. The first-order valence-electron chi connectivity index (χ1n) is 6.26. The maximum Gasteiger partial charge on any atom is 0.242 e. The fourth-order valence-corrected chi connectivity index (χ4v) is 2.40. The van der Waals surface area contributed by atoms with Crippen LogP contribution in [-0.2, 0) is 11.3 Å². The number of nitrogens with zero attached hydrogens (tertiary/aromatic N) is 3. The molecule has 0 unspecified atom stereocenters. The Labute approximate surface area is 117 Å². The fraction of sp³-hybridized carbons (Fsp3) is 0.385. The summed E-state index contributed by atoms with van der Waals surface area (Å²) in [5, 5.41) is 0.550. The largest absolute Gasteiger partial charge is 0.369 e. The first kappa shape index (κ1) is 13.7. The predicted octanol–water partition coefficient (Wildman–Crippen LogP) is 2.14. The number of aromatic nitrogens is 2. The number of hydrogen-bond acceptors (Lipinski definition) is 3.